The molecule has 3 aromatic carbocycles. The maximum atomic E-state index is 5.05. The third-order valence-corrected chi connectivity index (χ3v) is 7.54. The molecule has 0 amide bonds. The molecule has 0 aliphatic carbocycles. The van der Waals surface area contributed by atoms with Gasteiger partial charge in [-0.2, -0.15) is 0 Å². The second-order valence-corrected chi connectivity index (χ2v) is 10.0. The molecule has 192 valence electrons. The highest BCUT2D eigenvalue weighted by Gasteiger charge is 2.14. The van der Waals surface area contributed by atoms with Crippen molar-refractivity contribution >= 4 is 32.7 Å². The van der Waals surface area contributed by atoms with Crippen LogP contribution >= 0.6 is 0 Å². The van der Waals surface area contributed by atoms with Gasteiger partial charge >= 0.3 is 0 Å². The van der Waals surface area contributed by atoms with Gasteiger partial charge in [0, 0.05) is 51.6 Å². The smallest absolute Gasteiger partial charge is 0.145 e. The van der Waals surface area contributed by atoms with Gasteiger partial charge in [-0.05, 0) is 60.0 Å². The van der Waals surface area contributed by atoms with Crippen molar-refractivity contribution in [3.8, 4) is 39.6 Å². The van der Waals surface area contributed by atoms with Crippen LogP contribution < -0.4 is 0 Å². The number of pyridine rings is 4. The standard InChI is InChI=1S/C36H23N5/c1-2-12-27-25(9-1)22-37-23-30(27)32-16-7-18-34(40-32)33-17-6-15-31(39-33)24-10-5-11-26(21-24)41-35-19-4-3-13-28(35)29-14-8-20-38-36(29)41/h1-23H. The summed E-state index contributed by atoms with van der Waals surface area (Å²) < 4.78 is 2.22. The first-order valence-electron chi connectivity index (χ1n) is 13.6. The SMILES string of the molecule is c1cc(-c2cccc(-c3cccc(-c4cncc5ccccc45)n3)n2)cc(-n2c3ccccc3c3cccnc32)c1. The second-order valence-electron chi connectivity index (χ2n) is 10.0. The molecule has 8 aromatic rings. The van der Waals surface area contributed by atoms with Crippen LogP contribution in [0.2, 0.25) is 0 Å². The average molecular weight is 526 g/mol. The van der Waals surface area contributed by atoms with Crippen molar-refractivity contribution in [3.63, 3.8) is 0 Å². The summed E-state index contributed by atoms with van der Waals surface area (Å²) in [6, 6.07) is 41.5. The van der Waals surface area contributed by atoms with Gasteiger partial charge in [-0.15, -0.1) is 0 Å². The van der Waals surface area contributed by atoms with E-state index < -0.39 is 0 Å². The summed E-state index contributed by atoms with van der Waals surface area (Å²) in [5, 5.41) is 4.55. The molecule has 0 radical (unpaired) electrons. The van der Waals surface area contributed by atoms with Crippen molar-refractivity contribution in [2.45, 2.75) is 0 Å². The fraction of sp³-hybridized carbons (Fsp3) is 0. The van der Waals surface area contributed by atoms with Crippen molar-refractivity contribution < 1.29 is 0 Å². The van der Waals surface area contributed by atoms with Crippen molar-refractivity contribution in [2.75, 3.05) is 0 Å². The zero-order valence-corrected chi connectivity index (χ0v) is 22.0. The van der Waals surface area contributed by atoms with Gasteiger partial charge in [0.05, 0.1) is 28.3 Å². The quantitative estimate of drug-likeness (QED) is 0.231. The maximum absolute atomic E-state index is 5.05. The van der Waals surface area contributed by atoms with E-state index in [1.54, 1.807) is 0 Å². The average Bonchev–Trinajstić information content (AvgIpc) is 3.39. The lowest BCUT2D eigenvalue weighted by Gasteiger charge is -2.11. The Balaban J connectivity index is 1.21. The second kappa shape index (κ2) is 9.50. The highest BCUT2D eigenvalue weighted by atomic mass is 15.0. The van der Waals surface area contributed by atoms with Crippen LogP contribution in [0.4, 0.5) is 0 Å². The highest BCUT2D eigenvalue weighted by molar-refractivity contribution is 6.07. The van der Waals surface area contributed by atoms with Crippen LogP contribution in [0.15, 0.2) is 140 Å². The van der Waals surface area contributed by atoms with Crippen LogP contribution in [-0.2, 0) is 0 Å². The van der Waals surface area contributed by atoms with Gasteiger partial charge in [-0.3, -0.25) is 9.55 Å². The first kappa shape index (κ1) is 23.2. The summed E-state index contributed by atoms with van der Waals surface area (Å²) in [6.07, 6.45) is 5.62. The lowest BCUT2D eigenvalue weighted by Crippen LogP contribution is -1.96. The third kappa shape index (κ3) is 3.95. The fourth-order valence-corrected chi connectivity index (χ4v) is 5.65. The van der Waals surface area contributed by atoms with Gasteiger partial charge < -0.3 is 0 Å². The molecular weight excluding hydrogens is 502 g/mol. The lowest BCUT2D eigenvalue weighted by atomic mass is 10.0. The van der Waals surface area contributed by atoms with Gasteiger partial charge in [-0.1, -0.05) is 66.7 Å². The zero-order chi connectivity index (χ0) is 27.2. The molecule has 0 unspecified atom stereocenters. The Labute approximate surface area is 236 Å². The number of hydrogen-bond acceptors (Lipinski definition) is 4. The maximum Gasteiger partial charge on any atom is 0.145 e. The van der Waals surface area contributed by atoms with Crippen molar-refractivity contribution in [3.05, 3.63) is 140 Å². The minimum atomic E-state index is 0.819. The van der Waals surface area contributed by atoms with E-state index in [2.05, 4.69) is 76.3 Å². The van der Waals surface area contributed by atoms with E-state index >= 15 is 0 Å². The molecule has 0 atom stereocenters. The molecule has 41 heavy (non-hydrogen) atoms. The van der Waals surface area contributed by atoms with E-state index in [4.69, 9.17) is 15.0 Å². The molecule has 5 aromatic heterocycles. The Hall–Kier alpha value is -5.68. The lowest BCUT2D eigenvalue weighted by molar-refractivity contribution is 1.13. The Bertz CT molecular complexity index is 2170. The number of para-hydroxylation sites is 1. The molecule has 0 spiro atoms. The van der Waals surface area contributed by atoms with Crippen LogP contribution in [0.5, 0.6) is 0 Å². The topological polar surface area (TPSA) is 56.5 Å². The number of rotatable bonds is 4. The van der Waals surface area contributed by atoms with Crippen molar-refractivity contribution in [1.82, 2.24) is 24.5 Å². The van der Waals surface area contributed by atoms with E-state index in [1.165, 1.54) is 5.39 Å². The number of benzene rings is 3. The Kier molecular flexibility index (Phi) is 5.38. The molecule has 0 fully saturated rings. The minimum Gasteiger partial charge on any atom is -0.294 e. The van der Waals surface area contributed by atoms with E-state index in [1.807, 2.05) is 73.2 Å². The van der Waals surface area contributed by atoms with Crippen LogP contribution in [0.3, 0.4) is 0 Å². The highest BCUT2D eigenvalue weighted by Crippen LogP contribution is 2.33. The van der Waals surface area contributed by atoms with Crippen LogP contribution in [0.1, 0.15) is 0 Å². The molecule has 0 aliphatic rings. The van der Waals surface area contributed by atoms with Crippen LogP contribution in [0, 0.1) is 0 Å². The van der Waals surface area contributed by atoms with Gasteiger partial charge in [0.2, 0.25) is 0 Å². The number of fused-ring (bicyclic) bond motifs is 4. The molecular formula is C36H23N5. The zero-order valence-electron chi connectivity index (χ0n) is 22.0. The molecule has 5 nitrogen and oxygen atoms in total. The van der Waals surface area contributed by atoms with E-state index in [0.29, 0.717) is 0 Å². The van der Waals surface area contributed by atoms with Gasteiger partial charge in [-0.25, -0.2) is 15.0 Å². The Morgan fingerprint density at radius 1 is 0.512 bits per heavy atom. The van der Waals surface area contributed by atoms with Crippen molar-refractivity contribution in [2.24, 2.45) is 0 Å². The molecule has 0 saturated heterocycles. The Morgan fingerprint density at radius 3 is 2.12 bits per heavy atom. The van der Waals surface area contributed by atoms with Gasteiger partial charge in [0.25, 0.3) is 0 Å². The summed E-state index contributed by atoms with van der Waals surface area (Å²) in [4.78, 5) is 19.3. The van der Waals surface area contributed by atoms with E-state index in [9.17, 15) is 0 Å². The molecule has 8 rings (SSSR count). The third-order valence-electron chi connectivity index (χ3n) is 7.54. The predicted molar refractivity (Wildman–Crippen MR) is 166 cm³/mol. The van der Waals surface area contributed by atoms with E-state index in [-0.39, 0.29) is 0 Å². The summed E-state index contributed by atoms with van der Waals surface area (Å²) in [7, 11) is 0. The number of nitrogens with zero attached hydrogens (tertiary/aromatic N) is 5. The minimum absolute atomic E-state index is 0.819. The van der Waals surface area contributed by atoms with Crippen molar-refractivity contribution in [1.29, 1.82) is 0 Å². The van der Waals surface area contributed by atoms with Gasteiger partial charge in [0.1, 0.15) is 5.65 Å². The molecule has 0 saturated carbocycles. The predicted octanol–water partition coefficient (Wildman–Crippen LogP) is 8.52. The summed E-state index contributed by atoms with van der Waals surface area (Å²) in [6.45, 7) is 0. The summed E-state index contributed by atoms with van der Waals surface area (Å²) >= 11 is 0. The normalized spacial score (nSPS) is 11.4. The van der Waals surface area contributed by atoms with Crippen LogP contribution in [-0.4, -0.2) is 24.5 Å². The molecule has 5 heterocycles. The summed E-state index contributed by atoms with van der Waals surface area (Å²) in [5.41, 5.74) is 8.55. The molecule has 0 aliphatic heterocycles. The molecule has 0 bridgehead atoms. The number of aromatic nitrogens is 5. The van der Waals surface area contributed by atoms with Crippen LogP contribution in [0.25, 0.3) is 72.3 Å². The first-order chi connectivity index (χ1) is 20.3. The Morgan fingerprint density at radius 2 is 1.22 bits per heavy atom. The fourth-order valence-electron chi connectivity index (χ4n) is 5.65. The first-order valence-corrected chi connectivity index (χ1v) is 13.6. The van der Waals surface area contributed by atoms with Gasteiger partial charge in [0.15, 0.2) is 0 Å². The molecule has 0 N–H and O–H groups in total. The summed E-state index contributed by atoms with van der Waals surface area (Å²) in [5.74, 6) is 0. The number of hydrogen-bond donors (Lipinski definition) is 0. The molecule has 5 heteroatoms. The monoisotopic (exact) mass is 525 g/mol. The largest absolute Gasteiger partial charge is 0.294 e. The van der Waals surface area contributed by atoms with E-state index in [0.717, 1.165) is 66.9 Å².